The van der Waals surface area contributed by atoms with Crippen molar-refractivity contribution in [3.8, 4) is 11.3 Å². The summed E-state index contributed by atoms with van der Waals surface area (Å²) >= 11 is 0. The number of benzene rings is 2. The van der Waals surface area contributed by atoms with Crippen LogP contribution in [0.2, 0.25) is 0 Å². The first-order valence-corrected chi connectivity index (χ1v) is 6.43. The lowest BCUT2D eigenvalue weighted by atomic mass is 10.1. The molecule has 3 nitrogen and oxygen atoms in total. The minimum absolute atomic E-state index is 0.674. The molecule has 94 valence electrons. The molecule has 3 aromatic rings. The van der Waals surface area contributed by atoms with Crippen molar-refractivity contribution >= 4 is 16.7 Å². The summed E-state index contributed by atoms with van der Waals surface area (Å²) in [6, 6.07) is 16.7. The fourth-order valence-electron chi connectivity index (χ4n) is 2.11. The van der Waals surface area contributed by atoms with Gasteiger partial charge < -0.3 is 5.32 Å². The van der Waals surface area contributed by atoms with Crippen LogP contribution in [0.15, 0.2) is 54.7 Å². The summed E-state index contributed by atoms with van der Waals surface area (Å²) in [5.74, 6) is 0.674. The molecule has 1 aromatic heterocycles. The van der Waals surface area contributed by atoms with Gasteiger partial charge in [-0.3, -0.25) is 0 Å². The third-order valence-electron chi connectivity index (χ3n) is 3.04. The molecule has 0 saturated carbocycles. The van der Waals surface area contributed by atoms with Crippen LogP contribution in [-0.2, 0) is 0 Å². The highest BCUT2D eigenvalue weighted by molar-refractivity contribution is 5.86. The van der Waals surface area contributed by atoms with Gasteiger partial charge in [0.05, 0.1) is 5.69 Å². The molecule has 3 heteroatoms. The molecule has 0 unspecified atom stereocenters. The molecule has 0 aliphatic carbocycles. The van der Waals surface area contributed by atoms with Crippen molar-refractivity contribution in [2.75, 3.05) is 11.9 Å². The molecule has 1 N–H and O–H groups in total. The van der Waals surface area contributed by atoms with Gasteiger partial charge >= 0.3 is 0 Å². The van der Waals surface area contributed by atoms with Gasteiger partial charge in [-0.05, 0) is 29.8 Å². The molecule has 19 heavy (non-hydrogen) atoms. The van der Waals surface area contributed by atoms with E-state index < -0.39 is 0 Å². The average molecular weight is 249 g/mol. The number of rotatable bonds is 3. The van der Waals surface area contributed by atoms with Gasteiger partial charge in [-0.1, -0.05) is 36.4 Å². The van der Waals surface area contributed by atoms with E-state index >= 15 is 0 Å². The van der Waals surface area contributed by atoms with Gasteiger partial charge in [-0.15, -0.1) is 0 Å². The van der Waals surface area contributed by atoms with Crippen LogP contribution >= 0.6 is 0 Å². The van der Waals surface area contributed by atoms with Gasteiger partial charge in [0.2, 0.25) is 5.95 Å². The summed E-state index contributed by atoms with van der Waals surface area (Å²) in [6.45, 7) is 2.85. The van der Waals surface area contributed by atoms with Crippen LogP contribution in [0.5, 0.6) is 0 Å². The normalized spacial score (nSPS) is 10.6. The number of aromatic nitrogens is 2. The number of fused-ring (bicyclic) bond motifs is 1. The van der Waals surface area contributed by atoms with Gasteiger partial charge in [0, 0.05) is 18.3 Å². The highest BCUT2D eigenvalue weighted by Crippen LogP contribution is 2.23. The molecule has 0 radical (unpaired) electrons. The van der Waals surface area contributed by atoms with Crippen LogP contribution in [0, 0.1) is 0 Å². The Morgan fingerprint density at radius 2 is 1.84 bits per heavy atom. The van der Waals surface area contributed by atoms with Gasteiger partial charge in [0.25, 0.3) is 0 Å². The molecule has 0 amide bonds. The molecule has 0 spiro atoms. The van der Waals surface area contributed by atoms with Gasteiger partial charge in [0.1, 0.15) is 0 Å². The molecular formula is C16H15N3. The molecule has 2 aromatic carbocycles. The predicted octanol–water partition coefficient (Wildman–Crippen LogP) is 3.73. The molecular weight excluding hydrogens is 234 g/mol. The SMILES string of the molecule is CCNc1nccc(-c2ccc3ccccc3c2)n1. The fourth-order valence-corrected chi connectivity index (χ4v) is 2.11. The monoisotopic (exact) mass is 249 g/mol. The third kappa shape index (κ3) is 2.40. The van der Waals surface area contributed by atoms with Crippen molar-refractivity contribution < 1.29 is 0 Å². The van der Waals surface area contributed by atoms with Crippen LogP contribution < -0.4 is 5.32 Å². The van der Waals surface area contributed by atoms with Crippen molar-refractivity contribution in [1.82, 2.24) is 9.97 Å². The maximum absolute atomic E-state index is 4.52. The first-order chi connectivity index (χ1) is 9.36. The van der Waals surface area contributed by atoms with E-state index in [-0.39, 0.29) is 0 Å². The largest absolute Gasteiger partial charge is 0.354 e. The number of anilines is 1. The summed E-state index contributed by atoms with van der Waals surface area (Å²) < 4.78 is 0. The first-order valence-electron chi connectivity index (χ1n) is 6.43. The van der Waals surface area contributed by atoms with Crippen LogP contribution in [0.4, 0.5) is 5.95 Å². The van der Waals surface area contributed by atoms with Crippen molar-refractivity contribution in [2.24, 2.45) is 0 Å². The molecule has 0 bridgehead atoms. The van der Waals surface area contributed by atoms with E-state index in [2.05, 4.69) is 57.7 Å². The lowest BCUT2D eigenvalue weighted by Gasteiger charge is -2.06. The lowest BCUT2D eigenvalue weighted by molar-refractivity contribution is 1.09. The Balaban J connectivity index is 2.05. The topological polar surface area (TPSA) is 37.8 Å². The van der Waals surface area contributed by atoms with Crippen molar-refractivity contribution in [2.45, 2.75) is 6.92 Å². The van der Waals surface area contributed by atoms with E-state index in [1.807, 2.05) is 13.0 Å². The molecule has 0 aliphatic heterocycles. The fraction of sp³-hybridized carbons (Fsp3) is 0.125. The zero-order chi connectivity index (χ0) is 13.1. The second-order valence-corrected chi connectivity index (χ2v) is 4.36. The maximum atomic E-state index is 4.52. The molecule has 0 saturated heterocycles. The summed E-state index contributed by atoms with van der Waals surface area (Å²) in [7, 11) is 0. The second-order valence-electron chi connectivity index (χ2n) is 4.36. The lowest BCUT2D eigenvalue weighted by Crippen LogP contribution is -2.02. The minimum Gasteiger partial charge on any atom is -0.354 e. The minimum atomic E-state index is 0.674. The van der Waals surface area contributed by atoms with E-state index in [0.717, 1.165) is 17.8 Å². The van der Waals surface area contributed by atoms with Gasteiger partial charge in [0.15, 0.2) is 0 Å². The summed E-state index contributed by atoms with van der Waals surface area (Å²) in [6.07, 6.45) is 1.79. The Hall–Kier alpha value is -2.42. The van der Waals surface area contributed by atoms with Crippen molar-refractivity contribution in [3.63, 3.8) is 0 Å². The first kappa shape index (κ1) is 11.7. The molecule has 0 aliphatic rings. The maximum Gasteiger partial charge on any atom is 0.223 e. The van der Waals surface area contributed by atoms with Gasteiger partial charge in [-0.25, -0.2) is 9.97 Å². The van der Waals surface area contributed by atoms with Gasteiger partial charge in [-0.2, -0.15) is 0 Å². The standard InChI is InChI=1S/C16H15N3/c1-2-17-16-18-10-9-15(19-16)14-8-7-12-5-3-4-6-13(12)11-14/h3-11H,2H2,1H3,(H,17,18,19). The summed E-state index contributed by atoms with van der Waals surface area (Å²) in [5, 5.41) is 5.60. The Morgan fingerprint density at radius 3 is 2.68 bits per heavy atom. The third-order valence-corrected chi connectivity index (χ3v) is 3.04. The van der Waals surface area contributed by atoms with Crippen LogP contribution in [0.3, 0.4) is 0 Å². The number of nitrogens with zero attached hydrogens (tertiary/aromatic N) is 2. The average Bonchev–Trinajstić information content (AvgIpc) is 2.47. The van der Waals surface area contributed by atoms with E-state index in [0.29, 0.717) is 5.95 Å². The Labute approximate surface area is 112 Å². The Morgan fingerprint density at radius 1 is 1.00 bits per heavy atom. The second kappa shape index (κ2) is 5.06. The molecule has 3 rings (SSSR count). The number of nitrogens with one attached hydrogen (secondary N) is 1. The van der Waals surface area contributed by atoms with Crippen molar-refractivity contribution in [1.29, 1.82) is 0 Å². The van der Waals surface area contributed by atoms with Crippen LogP contribution in [-0.4, -0.2) is 16.5 Å². The van der Waals surface area contributed by atoms with E-state index in [9.17, 15) is 0 Å². The molecule has 0 fully saturated rings. The zero-order valence-electron chi connectivity index (χ0n) is 10.8. The van der Waals surface area contributed by atoms with Crippen LogP contribution in [0.25, 0.3) is 22.0 Å². The Kier molecular flexibility index (Phi) is 3.11. The summed E-state index contributed by atoms with van der Waals surface area (Å²) in [5.41, 5.74) is 2.05. The predicted molar refractivity (Wildman–Crippen MR) is 79.1 cm³/mol. The van der Waals surface area contributed by atoms with Crippen LogP contribution in [0.1, 0.15) is 6.92 Å². The van der Waals surface area contributed by atoms with E-state index in [1.165, 1.54) is 10.8 Å². The smallest absolute Gasteiger partial charge is 0.223 e. The Bertz CT molecular complexity index is 707. The zero-order valence-corrected chi connectivity index (χ0v) is 10.8. The molecule has 1 heterocycles. The van der Waals surface area contributed by atoms with E-state index in [1.54, 1.807) is 6.20 Å². The van der Waals surface area contributed by atoms with Crippen molar-refractivity contribution in [3.05, 3.63) is 54.7 Å². The number of hydrogen-bond donors (Lipinski definition) is 1. The number of hydrogen-bond acceptors (Lipinski definition) is 3. The highest BCUT2D eigenvalue weighted by atomic mass is 15.1. The summed E-state index contributed by atoms with van der Waals surface area (Å²) in [4.78, 5) is 8.71. The highest BCUT2D eigenvalue weighted by Gasteiger charge is 2.02. The van der Waals surface area contributed by atoms with E-state index in [4.69, 9.17) is 0 Å². The quantitative estimate of drug-likeness (QED) is 0.768. The molecule has 0 atom stereocenters.